The van der Waals surface area contributed by atoms with Crippen LogP contribution in [0.5, 0.6) is 5.75 Å². The lowest BCUT2D eigenvalue weighted by atomic mass is 10.3. The monoisotopic (exact) mass is 388 g/mol. The van der Waals surface area contributed by atoms with Gasteiger partial charge in [-0.25, -0.2) is 4.79 Å². The van der Waals surface area contributed by atoms with Gasteiger partial charge in [0.15, 0.2) is 0 Å². The maximum Gasteiger partial charge on any atom is 0.372 e. The molecule has 0 amide bonds. The van der Waals surface area contributed by atoms with Crippen LogP contribution in [-0.4, -0.2) is 11.1 Å². The van der Waals surface area contributed by atoms with Crippen LogP contribution < -0.4 is 4.74 Å². The molecule has 1 N–H and O–H groups in total. The highest BCUT2D eigenvalue weighted by Crippen LogP contribution is 2.29. The molecular formula is C13H10Br2O4. The maximum absolute atomic E-state index is 10.9. The molecule has 0 unspecified atom stereocenters. The topological polar surface area (TPSA) is 59.7 Å². The molecule has 0 aliphatic heterocycles. The van der Waals surface area contributed by atoms with Crippen molar-refractivity contribution in [2.75, 3.05) is 0 Å². The van der Waals surface area contributed by atoms with Crippen LogP contribution in [0, 0.1) is 6.92 Å². The minimum atomic E-state index is -1.08. The predicted molar refractivity (Wildman–Crippen MR) is 76.6 cm³/mol. The van der Waals surface area contributed by atoms with Crippen LogP contribution in [0.1, 0.15) is 21.9 Å². The van der Waals surface area contributed by atoms with Gasteiger partial charge in [-0.05, 0) is 47.1 Å². The van der Waals surface area contributed by atoms with Crippen LogP contribution in [0.3, 0.4) is 0 Å². The first kappa shape index (κ1) is 14.1. The molecule has 0 spiro atoms. The smallest absolute Gasteiger partial charge is 0.372 e. The van der Waals surface area contributed by atoms with Crippen molar-refractivity contribution in [2.45, 2.75) is 13.5 Å². The summed E-state index contributed by atoms with van der Waals surface area (Å²) in [5.74, 6) is 0.0147. The van der Waals surface area contributed by atoms with Crippen molar-refractivity contribution in [3.63, 3.8) is 0 Å². The summed E-state index contributed by atoms with van der Waals surface area (Å²) < 4.78 is 12.5. The van der Waals surface area contributed by atoms with Crippen LogP contribution in [0.15, 0.2) is 37.6 Å². The van der Waals surface area contributed by atoms with Crippen molar-refractivity contribution in [1.29, 1.82) is 0 Å². The average Bonchev–Trinajstić information content (AvgIpc) is 2.69. The molecule has 6 heteroatoms. The quantitative estimate of drug-likeness (QED) is 0.842. The summed E-state index contributed by atoms with van der Waals surface area (Å²) in [5, 5.41) is 8.89. The fourth-order valence-electron chi connectivity index (χ4n) is 1.57. The van der Waals surface area contributed by atoms with Crippen molar-refractivity contribution >= 4 is 37.8 Å². The summed E-state index contributed by atoms with van der Waals surface area (Å²) in [7, 11) is 0. The third kappa shape index (κ3) is 3.39. The SMILES string of the molecule is Cc1cc(COc2ccc(Br)cc2Br)oc1C(=O)O. The molecule has 2 rings (SSSR count). The maximum atomic E-state index is 10.9. The summed E-state index contributed by atoms with van der Waals surface area (Å²) in [6.07, 6.45) is 0. The zero-order chi connectivity index (χ0) is 14.0. The Morgan fingerprint density at radius 3 is 2.68 bits per heavy atom. The molecule has 4 nitrogen and oxygen atoms in total. The molecule has 0 bridgehead atoms. The molecule has 100 valence electrons. The number of aromatic carboxylic acids is 1. The number of furan rings is 1. The molecule has 19 heavy (non-hydrogen) atoms. The van der Waals surface area contributed by atoms with E-state index < -0.39 is 5.97 Å². The summed E-state index contributed by atoms with van der Waals surface area (Å²) in [4.78, 5) is 10.9. The number of ether oxygens (including phenoxy) is 1. The van der Waals surface area contributed by atoms with Gasteiger partial charge in [-0.1, -0.05) is 15.9 Å². The number of halogens is 2. The van der Waals surface area contributed by atoms with E-state index in [2.05, 4.69) is 31.9 Å². The molecule has 0 saturated heterocycles. The average molecular weight is 390 g/mol. The number of hydrogen-bond acceptors (Lipinski definition) is 3. The number of benzene rings is 1. The van der Waals surface area contributed by atoms with Crippen molar-refractivity contribution in [3.05, 3.63) is 50.3 Å². The van der Waals surface area contributed by atoms with E-state index in [1.807, 2.05) is 18.2 Å². The van der Waals surface area contributed by atoms with Gasteiger partial charge in [0.05, 0.1) is 4.47 Å². The van der Waals surface area contributed by atoms with Gasteiger partial charge < -0.3 is 14.3 Å². The molecular weight excluding hydrogens is 380 g/mol. The molecule has 2 aromatic rings. The van der Waals surface area contributed by atoms with Crippen LogP contribution in [0.4, 0.5) is 0 Å². The van der Waals surface area contributed by atoms with Crippen LogP contribution >= 0.6 is 31.9 Å². The van der Waals surface area contributed by atoms with E-state index in [0.717, 1.165) is 8.95 Å². The molecule has 0 radical (unpaired) electrons. The summed E-state index contributed by atoms with van der Waals surface area (Å²) >= 11 is 6.74. The van der Waals surface area contributed by atoms with E-state index in [1.165, 1.54) is 0 Å². The Morgan fingerprint density at radius 1 is 1.37 bits per heavy atom. The van der Waals surface area contributed by atoms with Gasteiger partial charge in [-0.2, -0.15) is 0 Å². The third-order valence-corrected chi connectivity index (χ3v) is 3.54. The lowest BCUT2D eigenvalue weighted by Gasteiger charge is -2.06. The van der Waals surface area contributed by atoms with Gasteiger partial charge in [0.25, 0.3) is 0 Å². The van der Waals surface area contributed by atoms with E-state index in [-0.39, 0.29) is 12.4 Å². The van der Waals surface area contributed by atoms with Crippen molar-refractivity contribution in [1.82, 2.24) is 0 Å². The fraction of sp³-hybridized carbons (Fsp3) is 0.154. The molecule has 1 aromatic heterocycles. The number of rotatable bonds is 4. The van der Waals surface area contributed by atoms with Crippen LogP contribution in [-0.2, 0) is 6.61 Å². The lowest BCUT2D eigenvalue weighted by molar-refractivity contribution is 0.0657. The summed E-state index contributed by atoms with van der Waals surface area (Å²) in [6.45, 7) is 1.86. The largest absolute Gasteiger partial charge is 0.484 e. The fourth-order valence-corrected chi connectivity index (χ4v) is 2.73. The Bertz CT molecular complexity index is 619. The van der Waals surface area contributed by atoms with Crippen LogP contribution in [0.2, 0.25) is 0 Å². The van der Waals surface area contributed by atoms with Gasteiger partial charge >= 0.3 is 5.97 Å². The second-order valence-corrected chi connectivity index (χ2v) is 5.66. The Kier molecular flexibility index (Phi) is 4.31. The first-order valence-electron chi connectivity index (χ1n) is 5.38. The minimum Gasteiger partial charge on any atom is -0.484 e. The minimum absolute atomic E-state index is 0.0477. The summed E-state index contributed by atoms with van der Waals surface area (Å²) in [6, 6.07) is 7.19. The highest BCUT2D eigenvalue weighted by atomic mass is 79.9. The Hall–Kier alpha value is -1.27. The third-order valence-electron chi connectivity index (χ3n) is 2.43. The highest BCUT2D eigenvalue weighted by molar-refractivity contribution is 9.11. The predicted octanol–water partition coefficient (Wildman–Crippen LogP) is 4.39. The standard InChI is InChI=1S/C13H10Br2O4/c1-7-4-9(19-12(7)13(16)17)6-18-11-3-2-8(14)5-10(11)15/h2-5H,6H2,1H3,(H,16,17). The number of aryl methyl sites for hydroxylation is 1. The summed E-state index contributed by atoms with van der Waals surface area (Å²) in [5.41, 5.74) is 0.584. The second-order valence-electron chi connectivity index (χ2n) is 3.89. The molecule has 1 heterocycles. The van der Waals surface area contributed by atoms with Crippen molar-refractivity contribution in [3.8, 4) is 5.75 Å². The molecule has 0 aliphatic carbocycles. The number of carboxylic acids is 1. The van der Waals surface area contributed by atoms with Crippen LogP contribution in [0.25, 0.3) is 0 Å². The molecule has 0 saturated carbocycles. The van der Waals surface area contributed by atoms with Gasteiger partial charge in [-0.15, -0.1) is 0 Å². The van der Waals surface area contributed by atoms with E-state index in [1.54, 1.807) is 13.0 Å². The van der Waals surface area contributed by atoms with E-state index >= 15 is 0 Å². The Morgan fingerprint density at radius 2 is 2.11 bits per heavy atom. The molecule has 0 atom stereocenters. The molecule has 0 aliphatic rings. The van der Waals surface area contributed by atoms with Gasteiger partial charge in [0.1, 0.15) is 18.1 Å². The lowest BCUT2D eigenvalue weighted by Crippen LogP contribution is -1.96. The number of hydrogen-bond donors (Lipinski definition) is 1. The highest BCUT2D eigenvalue weighted by Gasteiger charge is 2.14. The zero-order valence-corrected chi connectivity index (χ0v) is 13.1. The Labute approximate surface area is 126 Å². The number of carboxylic acid groups (broad SMARTS) is 1. The van der Waals surface area contributed by atoms with E-state index in [0.29, 0.717) is 17.1 Å². The molecule has 1 aromatic carbocycles. The van der Waals surface area contributed by atoms with Gasteiger partial charge in [-0.3, -0.25) is 0 Å². The molecule has 0 fully saturated rings. The van der Waals surface area contributed by atoms with Gasteiger partial charge in [0.2, 0.25) is 5.76 Å². The van der Waals surface area contributed by atoms with Crippen molar-refractivity contribution < 1.29 is 19.1 Å². The van der Waals surface area contributed by atoms with Gasteiger partial charge in [0, 0.05) is 10.0 Å². The first-order valence-corrected chi connectivity index (χ1v) is 6.96. The Balaban J connectivity index is 2.10. The van der Waals surface area contributed by atoms with E-state index in [4.69, 9.17) is 14.3 Å². The van der Waals surface area contributed by atoms with Crippen molar-refractivity contribution in [2.24, 2.45) is 0 Å². The number of carbonyl (C=O) groups is 1. The van der Waals surface area contributed by atoms with E-state index in [9.17, 15) is 4.79 Å². The first-order chi connectivity index (χ1) is 8.97. The zero-order valence-electron chi connectivity index (χ0n) is 9.94. The second kappa shape index (κ2) is 5.79. The normalized spacial score (nSPS) is 10.5.